The molecule has 0 N–H and O–H groups in total. The van der Waals surface area contributed by atoms with E-state index in [1.165, 1.54) is 24.3 Å². The van der Waals surface area contributed by atoms with Crippen molar-refractivity contribution < 1.29 is 27.4 Å². The topological polar surface area (TPSA) is 61.3 Å². The summed E-state index contributed by atoms with van der Waals surface area (Å²) in [7, 11) is 0. The van der Waals surface area contributed by atoms with Crippen LogP contribution < -0.4 is 4.74 Å². The maximum atomic E-state index is 12.7. The number of aryl methyl sites for hydroxylation is 1. The fourth-order valence-corrected chi connectivity index (χ4v) is 2.33. The molecule has 0 aliphatic heterocycles. The monoisotopic (exact) mass is 388 g/mol. The van der Waals surface area contributed by atoms with E-state index in [4.69, 9.17) is 9.47 Å². The van der Waals surface area contributed by atoms with Crippen LogP contribution in [0.15, 0.2) is 60.9 Å². The summed E-state index contributed by atoms with van der Waals surface area (Å²) in [5.41, 5.74) is 1.11. The molecule has 5 nitrogen and oxygen atoms in total. The number of ether oxygens (including phenoxy) is 2. The molecule has 0 aliphatic carbocycles. The second-order valence-corrected chi connectivity index (χ2v) is 5.87. The van der Waals surface area contributed by atoms with E-state index in [9.17, 15) is 18.0 Å². The van der Waals surface area contributed by atoms with Gasteiger partial charge in [-0.15, -0.1) is 0 Å². The van der Waals surface area contributed by atoms with E-state index in [0.29, 0.717) is 11.6 Å². The van der Waals surface area contributed by atoms with E-state index >= 15 is 0 Å². The van der Waals surface area contributed by atoms with Crippen LogP contribution in [0, 0.1) is 6.92 Å². The van der Waals surface area contributed by atoms with Crippen LogP contribution in [0.25, 0.3) is 0 Å². The minimum atomic E-state index is -4.59. The molecule has 3 rings (SSSR count). The quantitative estimate of drug-likeness (QED) is 0.579. The molecule has 0 atom stereocenters. The van der Waals surface area contributed by atoms with Gasteiger partial charge in [0.15, 0.2) is 5.69 Å². The number of benzene rings is 2. The van der Waals surface area contributed by atoms with Crippen LogP contribution in [0.4, 0.5) is 13.2 Å². The van der Waals surface area contributed by atoms with Crippen molar-refractivity contribution in [3.8, 4) is 11.6 Å². The largest absolute Gasteiger partial charge is 0.457 e. The summed E-state index contributed by atoms with van der Waals surface area (Å²) in [4.78, 5) is 19.0. The zero-order valence-electron chi connectivity index (χ0n) is 14.7. The van der Waals surface area contributed by atoms with Crippen molar-refractivity contribution in [1.29, 1.82) is 0 Å². The summed E-state index contributed by atoms with van der Waals surface area (Å²) < 4.78 is 48.6. The second kappa shape index (κ2) is 8.08. The van der Waals surface area contributed by atoms with Crippen molar-refractivity contribution >= 4 is 5.97 Å². The van der Waals surface area contributed by atoms with Crippen molar-refractivity contribution in [1.82, 2.24) is 9.97 Å². The number of hydrogen-bond acceptors (Lipinski definition) is 5. The molecule has 3 aromatic rings. The number of esters is 1. The van der Waals surface area contributed by atoms with Gasteiger partial charge >= 0.3 is 12.1 Å². The molecule has 144 valence electrons. The maximum absolute atomic E-state index is 12.7. The standard InChI is InChI=1S/C20H15F3N2O3/c1-13-4-2-3-5-15(13)11-27-19(26)14-6-8-16(9-7-14)28-18-10-17(20(21,22)23)24-12-25-18/h2-10,12H,11H2,1H3. The number of carbonyl (C=O) groups excluding carboxylic acids is 1. The molecule has 0 spiro atoms. The van der Waals surface area contributed by atoms with Crippen molar-refractivity contribution in [2.75, 3.05) is 0 Å². The van der Waals surface area contributed by atoms with Gasteiger partial charge in [-0.3, -0.25) is 0 Å². The average molecular weight is 388 g/mol. The van der Waals surface area contributed by atoms with Crippen LogP contribution in [0.2, 0.25) is 0 Å². The Bertz CT molecular complexity index is 973. The number of rotatable bonds is 5. The highest BCUT2D eigenvalue weighted by Gasteiger charge is 2.33. The summed E-state index contributed by atoms with van der Waals surface area (Å²) in [5, 5.41) is 0. The average Bonchev–Trinajstić information content (AvgIpc) is 2.67. The van der Waals surface area contributed by atoms with Crippen LogP contribution in [-0.2, 0) is 17.5 Å². The zero-order valence-corrected chi connectivity index (χ0v) is 14.7. The summed E-state index contributed by atoms with van der Waals surface area (Å²) >= 11 is 0. The van der Waals surface area contributed by atoms with Crippen LogP contribution >= 0.6 is 0 Å². The van der Waals surface area contributed by atoms with E-state index in [-0.39, 0.29) is 18.2 Å². The Morgan fingerprint density at radius 1 is 1.04 bits per heavy atom. The summed E-state index contributed by atoms with van der Waals surface area (Å²) in [6.45, 7) is 2.07. The third-order valence-corrected chi connectivity index (χ3v) is 3.86. The van der Waals surface area contributed by atoms with Gasteiger partial charge in [-0.2, -0.15) is 13.2 Å². The first-order valence-corrected chi connectivity index (χ1v) is 8.22. The predicted molar refractivity (Wildman–Crippen MR) is 93.8 cm³/mol. The lowest BCUT2D eigenvalue weighted by Gasteiger charge is -2.09. The number of carbonyl (C=O) groups is 1. The lowest BCUT2D eigenvalue weighted by molar-refractivity contribution is -0.141. The first kappa shape index (κ1) is 19.3. The Balaban J connectivity index is 1.63. The van der Waals surface area contributed by atoms with Gasteiger partial charge in [0.1, 0.15) is 18.7 Å². The Morgan fingerprint density at radius 2 is 1.75 bits per heavy atom. The molecule has 0 amide bonds. The van der Waals surface area contributed by atoms with E-state index < -0.39 is 17.8 Å². The molecule has 0 bridgehead atoms. The smallest absolute Gasteiger partial charge is 0.433 e. The second-order valence-electron chi connectivity index (χ2n) is 5.87. The van der Waals surface area contributed by atoms with Crippen molar-refractivity contribution in [2.24, 2.45) is 0 Å². The number of halogens is 3. The van der Waals surface area contributed by atoms with Gasteiger partial charge in [0.05, 0.1) is 5.56 Å². The Hall–Kier alpha value is -3.42. The Kier molecular flexibility index (Phi) is 5.58. The van der Waals surface area contributed by atoms with E-state index in [1.54, 1.807) is 0 Å². The molecule has 28 heavy (non-hydrogen) atoms. The molecule has 2 aromatic carbocycles. The number of aromatic nitrogens is 2. The van der Waals surface area contributed by atoms with Gasteiger partial charge in [-0.25, -0.2) is 14.8 Å². The normalized spacial score (nSPS) is 11.1. The fraction of sp³-hybridized carbons (Fsp3) is 0.150. The van der Waals surface area contributed by atoms with Crippen LogP contribution in [0.5, 0.6) is 11.6 Å². The molecule has 0 fully saturated rings. The lowest BCUT2D eigenvalue weighted by Crippen LogP contribution is -2.08. The fourth-order valence-electron chi connectivity index (χ4n) is 2.33. The summed E-state index contributed by atoms with van der Waals surface area (Å²) in [6, 6.07) is 14.1. The molecule has 8 heteroatoms. The SMILES string of the molecule is Cc1ccccc1COC(=O)c1ccc(Oc2cc(C(F)(F)F)ncn2)cc1. The minimum absolute atomic E-state index is 0.144. The van der Waals surface area contributed by atoms with Gasteiger partial charge in [0.25, 0.3) is 0 Å². The zero-order chi connectivity index (χ0) is 20.1. The number of hydrogen-bond donors (Lipinski definition) is 0. The van der Waals surface area contributed by atoms with Crippen LogP contribution in [0.3, 0.4) is 0 Å². The number of nitrogens with zero attached hydrogens (tertiary/aromatic N) is 2. The molecule has 0 saturated carbocycles. The highest BCUT2D eigenvalue weighted by atomic mass is 19.4. The third-order valence-electron chi connectivity index (χ3n) is 3.86. The predicted octanol–water partition coefficient (Wildman–Crippen LogP) is 4.95. The van der Waals surface area contributed by atoms with Crippen molar-refractivity contribution in [3.63, 3.8) is 0 Å². The van der Waals surface area contributed by atoms with Gasteiger partial charge in [-0.05, 0) is 42.3 Å². The first-order chi connectivity index (χ1) is 13.3. The third kappa shape index (κ3) is 4.85. The first-order valence-electron chi connectivity index (χ1n) is 8.22. The van der Waals surface area contributed by atoms with Crippen molar-refractivity contribution in [2.45, 2.75) is 19.7 Å². The van der Waals surface area contributed by atoms with Gasteiger partial charge < -0.3 is 9.47 Å². The summed E-state index contributed by atoms with van der Waals surface area (Å²) in [5.74, 6) is -0.546. The highest BCUT2D eigenvalue weighted by molar-refractivity contribution is 5.89. The minimum Gasteiger partial charge on any atom is -0.457 e. The van der Waals surface area contributed by atoms with Crippen molar-refractivity contribution in [3.05, 3.63) is 83.3 Å². The van der Waals surface area contributed by atoms with Crippen LogP contribution in [0.1, 0.15) is 27.2 Å². The van der Waals surface area contributed by atoms with Gasteiger partial charge in [0, 0.05) is 6.07 Å². The summed E-state index contributed by atoms with van der Waals surface area (Å²) in [6.07, 6.45) is -3.82. The Labute approximate surface area is 158 Å². The molecule has 1 aromatic heterocycles. The van der Waals surface area contributed by atoms with E-state index in [2.05, 4.69) is 9.97 Å². The molecular weight excluding hydrogens is 373 g/mol. The van der Waals surface area contributed by atoms with E-state index in [0.717, 1.165) is 17.5 Å². The maximum Gasteiger partial charge on any atom is 0.433 e. The molecule has 0 unspecified atom stereocenters. The van der Waals surface area contributed by atoms with Gasteiger partial charge in [0.2, 0.25) is 5.88 Å². The highest BCUT2D eigenvalue weighted by Crippen LogP contribution is 2.30. The van der Waals surface area contributed by atoms with E-state index in [1.807, 2.05) is 31.2 Å². The Morgan fingerprint density at radius 3 is 2.43 bits per heavy atom. The van der Waals surface area contributed by atoms with Gasteiger partial charge in [-0.1, -0.05) is 24.3 Å². The lowest BCUT2D eigenvalue weighted by atomic mass is 10.1. The van der Waals surface area contributed by atoms with Crippen LogP contribution in [-0.4, -0.2) is 15.9 Å². The molecule has 0 radical (unpaired) electrons. The number of alkyl halides is 3. The molecule has 0 aliphatic rings. The molecule has 0 saturated heterocycles. The molecule has 1 heterocycles. The molecular formula is C20H15F3N2O3.